The smallest absolute Gasteiger partial charge is 0.251 e. The molecule has 1 atom stereocenters. The third kappa shape index (κ3) is 3.94. The average Bonchev–Trinajstić information content (AvgIpc) is 3.23. The molecule has 0 unspecified atom stereocenters. The summed E-state index contributed by atoms with van der Waals surface area (Å²) in [5.41, 5.74) is 4.14. The lowest BCUT2D eigenvalue weighted by Gasteiger charge is -2.31. The van der Waals surface area contributed by atoms with Crippen LogP contribution in [0.1, 0.15) is 27.5 Å². The van der Waals surface area contributed by atoms with Gasteiger partial charge in [0.2, 0.25) is 0 Å². The number of hydrogen-bond donors (Lipinski definition) is 1. The fourth-order valence-corrected chi connectivity index (χ4v) is 3.94. The van der Waals surface area contributed by atoms with Gasteiger partial charge in [-0.2, -0.15) is 0 Å². The molecule has 0 fully saturated rings. The van der Waals surface area contributed by atoms with E-state index >= 15 is 0 Å². The van der Waals surface area contributed by atoms with Crippen molar-refractivity contribution in [2.24, 2.45) is 0 Å². The number of carbonyl (C=O) groups excluding carboxylic acids is 1. The largest absolute Gasteiger partial charge is 0.493 e. The fraction of sp³-hybridized carbons (Fsp3) is 0.250. The second kappa shape index (κ2) is 8.86. The van der Waals surface area contributed by atoms with Gasteiger partial charge >= 0.3 is 0 Å². The molecule has 0 saturated heterocycles. The van der Waals surface area contributed by atoms with Crippen molar-refractivity contribution in [3.8, 4) is 11.5 Å². The van der Waals surface area contributed by atoms with Crippen LogP contribution in [0.25, 0.3) is 0 Å². The van der Waals surface area contributed by atoms with Gasteiger partial charge in [0, 0.05) is 36.7 Å². The number of rotatable bonds is 7. The van der Waals surface area contributed by atoms with Crippen LogP contribution in [0.4, 0.5) is 5.69 Å². The molecule has 3 aromatic rings. The predicted molar refractivity (Wildman–Crippen MR) is 116 cm³/mol. The molecule has 0 bridgehead atoms. The number of aromatic nitrogens is 1. The fourth-order valence-electron chi connectivity index (χ4n) is 3.94. The highest BCUT2D eigenvalue weighted by Crippen LogP contribution is 2.34. The number of methoxy groups -OCH3 is 2. The van der Waals surface area contributed by atoms with Gasteiger partial charge in [0.25, 0.3) is 5.91 Å². The van der Waals surface area contributed by atoms with E-state index in [9.17, 15) is 4.79 Å². The first kappa shape index (κ1) is 19.8. The van der Waals surface area contributed by atoms with Gasteiger partial charge in [-0.3, -0.25) is 9.78 Å². The number of carbonyl (C=O) groups is 1. The molecule has 1 aliphatic rings. The zero-order chi connectivity index (χ0) is 20.9. The Labute approximate surface area is 176 Å². The Morgan fingerprint density at radius 2 is 1.93 bits per heavy atom. The third-order valence-electron chi connectivity index (χ3n) is 5.47. The van der Waals surface area contributed by atoms with Crippen LogP contribution in [0, 0.1) is 0 Å². The number of hydrogen-bond acceptors (Lipinski definition) is 5. The van der Waals surface area contributed by atoms with Crippen LogP contribution >= 0.6 is 0 Å². The number of fused-ring (bicyclic) bond motifs is 1. The number of ether oxygens (including phenoxy) is 2. The highest BCUT2D eigenvalue weighted by atomic mass is 16.5. The van der Waals surface area contributed by atoms with Crippen molar-refractivity contribution in [1.29, 1.82) is 0 Å². The van der Waals surface area contributed by atoms with Crippen molar-refractivity contribution < 1.29 is 14.3 Å². The molecule has 154 valence electrons. The van der Waals surface area contributed by atoms with Crippen molar-refractivity contribution >= 4 is 11.6 Å². The Kier molecular flexibility index (Phi) is 5.84. The van der Waals surface area contributed by atoms with Gasteiger partial charge in [-0.15, -0.1) is 0 Å². The summed E-state index contributed by atoms with van der Waals surface area (Å²) in [6.45, 7) is 1.37. The van der Waals surface area contributed by atoms with Crippen molar-refractivity contribution in [3.63, 3.8) is 0 Å². The van der Waals surface area contributed by atoms with Gasteiger partial charge < -0.3 is 19.7 Å². The lowest BCUT2D eigenvalue weighted by molar-refractivity contribution is 0.0950. The Bertz CT molecular complexity index is 1020. The predicted octanol–water partition coefficient (Wildman–Crippen LogP) is 3.63. The van der Waals surface area contributed by atoms with Crippen LogP contribution in [0.3, 0.4) is 0 Å². The van der Waals surface area contributed by atoms with Gasteiger partial charge in [-0.25, -0.2) is 0 Å². The molecule has 0 spiro atoms. The Hall–Kier alpha value is -3.54. The van der Waals surface area contributed by atoms with E-state index < -0.39 is 0 Å². The van der Waals surface area contributed by atoms with Crippen molar-refractivity contribution in [3.05, 3.63) is 83.7 Å². The first-order valence-corrected chi connectivity index (χ1v) is 9.96. The van der Waals surface area contributed by atoms with Crippen LogP contribution in [0.2, 0.25) is 0 Å². The number of nitrogens with zero attached hydrogens (tertiary/aromatic N) is 2. The van der Waals surface area contributed by atoms with Crippen LogP contribution in [0.15, 0.2) is 67.0 Å². The maximum atomic E-state index is 12.9. The minimum absolute atomic E-state index is 0.00792. The summed E-state index contributed by atoms with van der Waals surface area (Å²) in [4.78, 5) is 19.5. The van der Waals surface area contributed by atoms with E-state index in [0.29, 0.717) is 23.6 Å². The molecule has 1 aromatic heterocycles. The highest BCUT2D eigenvalue weighted by molar-refractivity contribution is 5.95. The zero-order valence-corrected chi connectivity index (χ0v) is 17.2. The maximum Gasteiger partial charge on any atom is 0.251 e. The van der Waals surface area contributed by atoms with E-state index in [4.69, 9.17) is 9.47 Å². The number of anilines is 1. The van der Waals surface area contributed by atoms with E-state index in [-0.39, 0.29) is 11.9 Å². The Balaban J connectivity index is 1.56. The summed E-state index contributed by atoms with van der Waals surface area (Å²) in [6.07, 6.45) is 4.63. The van der Waals surface area contributed by atoms with E-state index in [1.165, 1.54) is 11.3 Å². The first-order valence-electron chi connectivity index (χ1n) is 9.96. The van der Waals surface area contributed by atoms with Gasteiger partial charge in [0.1, 0.15) is 0 Å². The molecule has 0 aliphatic carbocycles. The molecule has 2 aromatic carbocycles. The van der Waals surface area contributed by atoms with Crippen LogP contribution in [-0.2, 0) is 6.42 Å². The summed E-state index contributed by atoms with van der Waals surface area (Å²) < 4.78 is 10.6. The molecule has 6 heteroatoms. The third-order valence-corrected chi connectivity index (χ3v) is 5.47. The first-order chi connectivity index (χ1) is 14.7. The molecule has 1 aliphatic heterocycles. The molecule has 6 nitrogen and oxygen atoms in total. The molecule has 0 saturated carbocycles. The molecule has 30 heavy (non-hydrogen) atoms. The summed E-state index contributed by atoms with van der Waals surface area (Å²) >= 11 is 0. The van der Waals surface area contributed by atoms with Gasteiger partial charge in [-0.1, -0.05) is 24.3 Å². The standard InChI is InChI=1S/C24H25N3O3/c1-29-22-10-9-18(14-23(22)30-2)24(28)26-16-21(19-7-5-12-25-15-19)27-13-11-17-6-3-4-8-20(17)27/h3-10,12,14-15,21H,11,13,16H2,1-2H3,(H,26,28)/t21-/m0/s1. The monoisotopic (exact) mass is 403 g/mol. The molecular formula is C24H25N3O3. The maximum absolute atomic E-state index is 12.9. The molecular weight excluding hydrogens is 378 g/mol. The minimum atomic E-state index is -0.155. The second-order valence-electron chi connectivity index (χ2n) is 7.15. The number of benzene rings is 2. The number of amides is 1. The van der Waals surface area contributed by atoms with Gasteiger partial charge in [0.15, 0.2) is 11.5 Å². The quantitative estimate of drug-likeness (QED) is 0.653. The molecule has 4 rings (SSSR count). The van der Waals surface area contributed by atoms with Crippen molar-refractivity contribution in [1.82, 2.24) is 10.3 Å². The van der Waals surface area contributed by atoms with Gasteiger partial charge in [-0.05, 0) is 47.9 Å². The van der Waals surface area contributed by atoms with E-state index in [1.807, 2.05) is 12.3 Å². The Morgan fingerprint density at radius 3 is 2.70 bits per heavy atom. The summed E-state index contributed by atoms with van der Waals surface area (Å²) in [6, 6.07) is 17.6. The summed E-state index contributed by atoms with van der Waals surface area (Å²) in [5.74, 6) is 0.968. The topological polar surface area (TPSA) is 63.7 Å². The van der Waals surface area contributed by atoms with E-state index in [0.717, 1.165) is 18.5 Å². The molecule has 2 heterocycles. The van der Waals surface area contributed by atoms with Crippen LogP contribution < -0.4 is 19.7 Å². The molecule has 1 amide bonds. The summed E-state index contributed by atoms with van der Waals surface area (Å²) in [7, 11) is 3.13. The lowest BCUT2D eigenvalue weighted by Crippen LogP contribution is -2.37. The lowest BCUT2D eigenvalue weighted by atomic mass is 10.1. The van der Waals surface area contributed by atoms with Crippen molar-refractivity contribution in [2.45, 2.75) is 12.5 Å². The number of nitrogens with one attached hydrogen (secondary N) is 1. The second-order valence-corrected chi connectivity index (χ2v) is 7.15. The number of pyridine rings is 1. The molecule has 1 N–H and O–H groups in total. The SMILES string of the molecule is COc1ccc(C(=O)NC[C@@H](c2cccnc2)N2CCc3ccccc32)cc1OC. The van der Waals surface area contributed by atoms with Crippen LogP contribution in [-0.4, -0.2) is 38.2 Å². The normalized spacial score (nSPS) is 13.5. The van der Waals surface area contributed by atoms with Gasteiger partial charge in [0.05, 0.1) is 20.3 Å². The molecule has 0 radical (unpaired) electrons. The highest BCUT2D eigenvalue weighted by Gasteiger charge is 2.27. The zero-order valence-electron chi connectivity index (χ0n) is 17.2. The average molecular weight is 403 g/mol. The van der Waals surface area contributed by atoms with Crippen molar-refractivity contribution in [2.75, 3.05) is 32.2 Å². The Morgan fingerprint density at radius 1 is 1.10 bits per heavy atom. The van der Waals surface area contributed by atoms with E-state index in [2.05, 4.69) is 45.5 Å². The number of para-hydroxylation sites is 1. The summed E-state index contributed by atoms with van der Waals surface area (Å²) in [5, 5.41) is 3.09. The minimum Gasteiger partial charge on any atom is -0.493 e. The van der Waals surface area contributed by atoms with E-state index in [1.54, 1.807) is 38.6 Å². The van der Waals surface area contributed by atoms with Crippen LogP contribution in [0.5, 0.6) is 11.5 Å².